The Morgan fingerprint density at radius 1 is 1.28 bits per heavy atom. The molecule has 1 aromatic heterocycles. The molecule has 2 amide bonds. The number of aryl methyl sites for hydroxylation is 1. The molecule has 156 valence electrons. The minimum absolute atomic E-state index is 0.0683. The Morgan fingerprint density at radius 2 is 1.97 bits per heavy atom. The van der Waals surface area contributed by atoms with E-state index in [0.717, 1.165) is 16.1 Å². The molecule has 1 unspecified atom stereocenters. The smallest absolute Gasteiger partial charge is 0.321 e. The van der Waals surface area contributed by atoms with Gasteiger partial charge in [-0.25, -0.2) is 14.8 Å². The minimum atomic E-state index is -0.318. The number of anilines is 1. The van der Waals surface area contributed by atoms with Crippen LogP contribution in [0.3, 0.4) is 0 Å². The SMILES string of the molecule is Cc1nc(N)sc1-c1ccc(N=C(N)NC(=O)NCC(C)C2CCCCC2)cc1. The Kier molecular flexibility index (Phi) is 7.09. The number of hydrogen-bond donors (Lipinski definition) is 4. The van der Waals surface area contributed by atoms with E-state index in [0.29, 0.717) is 29.2 Å². The number of aromatic nitrogens is 1. The van der Waals surface area contributed by atoms with Crippen LogP contribution >= 0.6 is 11.3 Å². The topological polar surface area (TPSA) is 118 Å². The zero-order valence-electron chi connectivity index (χ0n) is 17.1. The fourth-order valence-corrected chi connectivity index (χ4v) is 4.66. The van der Waals surface area contributed by atoms with Crippen LogP contribution < -0.4 is 22.1 Å². The van der Waals surface area contributed by atoms with Crippen LogP contribution in [0.2, 0.25) is 0 Å². The first-order valence-electron chi connectivity index (χ1n) is 10.1. The van der Waals surface area contributed by atoms with Crippen molar-refractivity contribution in [3.8, 4) is 10.4 Å². The quantitative estimate of drug-likeness (QED) is 0.434. The lowest BCUT2D eigenvalue weighted by molar-refractivity contribution is 0.231. The van der Waals surface area contributed by atoms with Crippen LogP contribution in [0.5, 0.6) is 0 Å². The molecule has 0 aliphatic heterocycles. The third-order valence-corrected chi connectivity index (χ3v) is 6.51. The zero-order chi connectivity index (χ0) is 20.8. The number of thiazole rings is 1. The van der Waals surface area contributed by atoms with E-state index in [1.807, 2.05) is 31.2 Å². The maximum atomic E-state index is 12.1. The summed E-state index contributed by atoms with van der Waals surface area (Å²) in [7, 11) is 0. The van der Waals surface area contributed by atoms with E-state index >= 15 is 0 Å². The summed E-state index contributed by atoms with van der Waals surface area (Å²) in [6.45, 7) is 4.79. The summed E-state index contributed by atoms with van der Waals surface area (Å²) in [5, 5.41) is 6.06. The van der Waals surface area contributed by atoms with E-state index in [4.69, 9.17) is 11.5 Å². The third-order valence-electron chi connectivity index (χ3n) is 5.47. The van der Waals surface area contributed by atoms with Crippen LogP contribution in [0.25, 0.3) is 10.4 Å². The monoisotopic (exact) mass is 414 g/mol. The molecule has 8 heteroatoms. The van der Waals surface area contributed by atoms with Gasteiger partial charge in [0.05, 0.1) is 16.3 Å². The van der Waals surface area contributed by atoms with Gasteiger partial charge in [-0.2, -0.15) is 0 Å². The summed E-state index contributed by atoms with van der Waals surface area (Å²) >= 11 is 1.45. The van der Waals surface area contributed by atoms with Crippen LogP contribution in [0.1, 0.15) is 44.7 Å². The predicted octanol–water partition coefficient (Wildman–Crippen LogP) is 4.16. The molecule has 3 rings (SSSR count). The number of aliphatic imine (C=N–C) groups is 1. The lowest BCUT2D eigenvalue weighted by Crippen LogP contribution is -2.45. The van der Waals surface area contributed by atoms with Gasteiger partial charge in [0.25, 0.3) is 0 Å². The van der Waals surface area contributed by atoms with Crippen LogP contribution in [0, 0.1) is 18.8 Å². The van der Waals surface area contributed by atoms with Crippen molar-refractivity contribution in [3.63, 3.8) is 0 Å². The number of nitrogens with zero attached hydrogens (tertiary/aromatic N) is 2. The Bertz CT molecular complexity index is 855. The molecule has 1 saturated carbocycles. The lowest BCUT2D eigenvalue weighted by atomic mass is 9.81. The summed E-state index contributed by atoms with van der Waals surface area (Å²) in [5.74, 6) is 1.24. The second kappa shape index (κ2) is 9.73. The normalized spacial score (nSPS) is 16.4. The van der Waals surface area contributed by atoms with Gasteiger partial charge in [0.15, 0.2) is 5.13 Å². The number of guanidine groups is 1. The van der Waals surface area contributed by atoms with Gasteiger partial charge in [0, 0.05) is 6.54 Å². The number of nitrogens with one attached hydrogen (secondary N) is 2. The summed E-state index contributed by atoms with van der Waals surface area (Å²) in [4.78, 5) is 21.7. The number of benzene rings is 1. The molecular formula is C21H30N6OS. The molecule has 1 heterocycles. The zero-order valence-corrected chi connectivity index (χ0v) is 17.9. The minimum Gasteiger partial charge on any atom is -0.375 e. The van der Waals surface area contributed by atoms with Gasteiger partial charge >= 0.3 is 6.03 Å². The van der Waals surface area contributed by atoms with Gasteiger partial charge in [-0.15, -0.1) is 0 Å². The fraction of sp³-hybridized carbons (Fsp3) is 0.476. The van der Waals surface area contributed by atoms with E-state index in [1.165, 1.54) is 43.4 Å². The Balaban J connectivity index is 1.51. The predicted molar refractivity (Wildman–Crippen MR) is 120 cm³/mol. The van der Waals surface area contributed by atoms with Crippen molar-refractivity contribution in [2.75, 3.05) is 12.3 Å². The van der Waals surface area contributed by atoms with Crippen LogP contribution in [-0.2, 0) is 0 Å². The highest BCUT2D eigenvalue weighted by Crippen LogP contribution is 2.32. The van der Waals surface area contributed by atoms with E-state index in [-0.39, 0.29) is 12.0 Å². The van der Waals surface area contributed by atoms with E-state index in [2.05, 4.69) is 27.5 Å². The molecule has 0 saturated heterocycles. The summed E-state index contributed by atoms with van der Waals surface area (Å²) in [6.07, 6.45) is 6.46. The molecule has 1 fully saturated rings. The van der Waals surface area contributed by atoms with Gasteiger partial charge in [-0.3, -0.25) is 5.32 Å². The largest absolute Gasteiger partial charge is 0.375 e. The van der Waals surface area contributed by atoms with Crippen molar-refractivity contribution in [2.24, 2.45) is 22.6 Å². The van der Waals surface area contributed by atoms with Gasteiger partial charge in [-0.05, 0) is 36.5 Å². The van der Waals surface area contributed by atoms with E-state index in [1.54, 1.807) is 0 Å². The highest BCUT2D eigenvalue weighted by atomic mass is 32.1. The van der Waals surface area contributed by atoms with Gasteiger partial charge < -0.3 is 16.8 Å². The van der Waals surface area contributed by atoms with Crippen molar-refractivity contribution in [1.82, 2.24) is 15.6 Å². The number of rotatable bonds is 5. The van der Waals surface area contributed by atoms with Crippen molar-refractivity contribution in [3.05, 3.63) is 30.0 Å². The van der Waals surface area contributed by atoms with Crippen molar-refractivity contribution in [1.29, 1.82) is 0 Å². The number of amides is 2. The first-order chi connectivity index (χ1) is 13.9. The number of nitrogens with two attached hydrogens (primary N) is 2. The molecule has 1 atom stereocenters. The summed E-state index contributed by atoms with van der Waals surface area (Å²) in [5.41, 5.74) is 14.2. The molecule has 0 radical (unpaired) electrons. The first kappa shape index (κ1) is 21.1. The fourth-order valence-electron chi connectivity index (χ4n) is 3.82. The number of nitrogen functional groups attached to an aromatic ring is 1. The van der Waals surface area contributed by atoms with Crippen molar-refractivity contribution in [2.45, 2.75) is 46.0 Å². The average molecular weight is 415 g/mol. The maximum Gasteiger partial charge on any atom is 0.321 e. The van der Waals surface area contributed by atoms with Crippen LogP contribution in [0.4, 0.5) is 15.6 Å². The highest BCUT2D eigenvalue weighted by molar-refractivity contribution is 7.18. The summed E-state index contributed by atoms with van der Waals surface area (Å²) in [6, 6.07) is 7.27. The Hall–Kier alpha value is -2.61. The molecule has 1 aromatic carbocycles. The third kappa shape index (κ3) is 5.93. The second-order valence-electron chi connectivity index (χ2n) is 7.72. The van der Waals surface area contributed by atoms with E-state index < -0.39 is 0 Å². The molecule has 29 heavy (non-hydrogen) atoms. The van der Waals surface area contributed by atoms with Crippen LogP contribution in [0.15, 0.2) is 29.3 Å². The summed E-state index contributed by atoms with van der Waals surface area (Å²) < 4.78 is 0. The molecule has 1 aliphatic carbocycles. The van der Waals surface area contributed by atoms with Gasteiger partial charge in [-0.1, -0.05) is 62.5 Å². The molecular weight excluding hydrogens is 384 g/mol. The molecule has 0 spiro atoms. The van der Waals surface area contributed by atoms with Crippen LogP contribution in [-0.4, -0.2) is 23.5 Å². The van der Waals surface area contributed by atoms with Gasteiger partial charge in [0.1, 0.15) is 0 Å². The lowest BCUT2D eigenvalue weighted by Gasteiger charge is -2.27. The average Bonchev–Trinajstić information content (AvgIpc) is 3.05. The molecule has 6 N–H and O–H groups in total. The highest BCUT2D eigenvalue weighted by Gasteiger charge is 2.20. The maximum absolute atomic E-state index is 12.1. The number of hydrogen-bond acceptors (Lipinski definition) is 5. The molecule has 7 nitrogen and oxygen atoms in total. The Labute approximate surface area is 176 Å². The van der Waals surface area contributed by atoms with Crippen molar-refractivity contribution >= 4 is 34.1 Å². The molecule has 2 aromatic rings. The second-order valence-corrected chi connectivity index (χ2v) is 8.75. The van der Waals surface area contributed by atoms with E-state index in [9.17, 15) is 4.79 Å². The molecule has 0 bridgehead atoms. The van der Waals surface area contributed by atoms with Crippen molar-refractivity contribution < 1.29 is 4.79 Å². The first-order valence-corrected chi connectivity index (χ1v) is 11.0. The standard InChI is InChI=1S/C21H30N6OS/c1-13(15-6-4-3-5-7-15)12-24-21(28)27-19(22)26-17-10-8-16(9-11-17)18-14(2)25-20(23)29-18/h8-11,13,15H,3-7,12H2,1-2H3,(H2,23,25)(H4,22,24,26,27,28). The Morgan fingerprint density at radius 3 is 2.59 bits per heavy atom. The number of carbonyl (C=O) groups is 1. The number of carbonyl (C=O) groups excluding carboxylic acids is 1. The molecule has 1 aliphatic rings. The number of urea groups is 1. The van der Waals surface area contributed by atoms with Gasteiger partial charge in [0.2, 0.25) is 5.96 Å².